The van der Waals surface area contributed by atoms with Crippen LogP contribution in [0.1, 0.15) is 29.2 Å². The lowest BCUT2D eigenvalue weighted by molar-refractivity contribution is 0.449. The molecule has 0 saturated heterocycles. The summed E-state index contributed by atoms with van der Waals surface area (Å²) in [5.74, 6) is 0.439. The summed E-state index contributed by atoms with van der Waals surface area (Å²) in [6.07, 6.45) is 0.705. The van der Waals surface area contributed by atoms with Crippen LogP contribution in [-0.2, 0) is 6.42 Å². The van der Waals surface area contributed by atoms with Gasteiger partial charge < -0.3 is 15.3 Å². The minimum atomic E-state index is 0.112. The van der Waals surface area contributed by atoms with Crippen molar-refractivity contribution >= 4 is 0 Å². The van der Waals surface area contributed by atoms with Crippen molar-refractivity contribution in [1.82, 2.24) is 0 Å². The van der Waals surface area contributed by atoms with E-state index in [1.165, 1.54) is 0 Å². The molecule has 0 spiro atoms. The van der Waals surface area contributed by atoms with Gasteiger partial charge in [-0.05, 0) is 43.9 Å². The van der Waals surface area contributed by atoms with E-state index in [1.807, 2.05) is 19.1 Å². The van der Waals surface area contributed by atoms with Crippen LogP contribution >= 0.6 is 0 Å². The minimum absolute atomic E-state index is 0.112. The largest absolute Gasteiger partial charge is 0.507 e. The molecule has 2 aromatic rings. The fourth-order valence-electron chi connectivity index (χ4n) is 2.53. The van der Waals surface area contributed by atoms with Gasteiger partial charge in [0.25, 0.3) is 0 Å². The Morgan fingerprint density at radius 3 is 2.00 bits per heavy atom. The first kappa shape index (κ1) is 14.3. The molecular weight excluding hydrogens is 252 g/mol. The molecule has 0 aliphatic heterocycles. The normalized spacial score (nSPS) is 10.8. The maximum Gasteiger partial charge on any atom is 0.127 e. The number of phenols is 3. The van der Waals surface area contributed by atoms with Crippen molar-refractivity contribution in [3.8, 4) is 28.4 Å². The van der Waals surface area contributed by atoms with Crippen LogP contribution in [0.3, 0.4) is 0 Å². The van der Waals surface area contributed by atoms with Crippen molar-refractivity contribution in [2.24, 2.45) is 0 Å². The first-order chi connectivity index (χ1) is 9.40. The van der Waals surface area contributed by atoms with Gasteiger partial charge in [0.05, 0.1) is 0 Å². The van der Waals surface area contributed by atoms with Crippen LogP contribution in [0.2, 0.25) is 0 Å². The molecule has 0 atom stereocenters. The first-order valence-electron chi connectivity index (χ1n) is 6.73. The van der Waals surface area contributed by atoms with Crippen LogP contribution in [0.15, 0.2) is 18.2 Å². The van der Waals surface area contributed by atoms with Gasteiger partial charge in [-0.15, -0.1) is 0 Å². The minimum Gasteiger partial charge on any atom is -0.507 e. The predicted molar refractivity (Wildman–Crippen MR) is 80.5 cm³/mol. The molecule has 0 aliphatic rings. The van der Waals surface area contributed by atoms with Gasteiger partial charge >= 0.3 is 0 Å². The number of hydrogen-bond donors (Lipinski definition) is 3. The van der Waals surface area contributed by atoms with Gasteiger partial charge in [-0.3, -0.25) is 0 Å². The van der Waals surface area contributed by atoms with Gasteiger partial charge in [0.1, 0.15) is 17.2 Å². The summed E-state index contributed by atoms with van der Waals surface area (Å²) >= 11 is 0. The highest BCUT2D eigenvalue weighted by Gasteiger charge is 2.20. The Hall–Kier alpha value is -2.16. The third-order valence-corrected chi connectivity index (χ3v) is 4.01. The van der Waals surface area contributed by atoms with E-state index in [0.29, 0.717) is 34.2 Å². The molecule has 3 N–H and O–H groups in total. The predicted octanol–water partition coefficient (Wildman–Crippen LogP) is 3.96. The van der Waals surface area contributed by atoms with Crippen LogP contribution in [0.5, 0.6) is 17.2 Å². The van der Waals surface area contributed by atoms with Crippen LogP contribution in [0.25, 0.3) is 11.1 Å². The molecule has 3 nitrogen and oxygen atoms in total. The second-order valence-corrected chi connectivity index (χ2v) is 5.11. The Balaban J connectivity index is 2.84. The molecule has 20 heavy (non-hydrogen) atoms. The third kappa shape index (κ3) is 1.99. The number of hydrogen-bond acceptors (Lipinski definition) is 3. The second kappa shape index (κ2) is 5.08. The Morgan fingerprint density at radius 2 is 1.40 bits per heavy atom. The molecule has 0 bridgehead atoms. The van der Waals surface area contributed by atoms with E-state index < -0.39 is 0 Å². The smallest absolute Gasteiger partial charge is 0.127 e. The Labute approximate surface area is 119 Å². The molecule has 106 valence electrons. The van der Waals surface area contributed by atoms with Crippen LogP contribution in [-0.4, -0.2) is 15.3 Å². The van der Waals surface area contributed by atoms with Crippen LogP contribution < -0.4 is 0 Å². The number of phenolic OH excluding ortho intramolecular Hbond substituents is 3. The molecular formula is C17H20O3. The van der Waals surface area contributed by atoms with Gasteiger partial charge in [0, 0.05) is 16.7 Å². The number of aryl methyl sites for hydroxylation is 1. The number of aromatic hydroxyl groups is 3. The lowest BCUT2D eigenvalue weighted by Gasteiger charge is -2.17. The van der Waals surface area contributed by atoms with Crippen LogP contribution in [0, 0.1) is 20.8 Å². The lowest BCUT2D eigenvalue weighted by Crippen LogP contribution is -1.94. The lowest BCUT2D eigenvalue weighted by atomic mass is 9.91. The Bertz CT molecular complexity index is 643. The molecule has 3 heteroatoms. The van der Waals surface area contributed by atoms with Crippen LogP contribution in [0.4, 0.5) is 0 Å². The molecule has 0 amide bonds. The van der Waals surface area contributed by atoms with Crippen molar-refractivity contribution in [3.63, 3.8) is 0 Å². The van der Waals surface area contributed by atoms with Crippen molar-refractivity contribution < 1.29 is 15.3 Å². The van der Waals surface area contributed by atoms with E-state index in [-0.39, 0.29) is 17.2 Å². The molecule has 2 rings (SSSR count). The maximum atomic E-state index is 10.4. The fraction of sp³-hybridized carbons (Fsp3) is 0.294. The highest BCUT2D eigenvalue weighted by atomic mass is 16.3. The van der Waals surface area contributed by atoms with E-state index >= 15 is 0 Å². The summed E-state index contributed by atoms with van der Waals surface area (Å²) in [5.41, 5.74) is 3.74. The summed E-state index contributed by atoms with van der Waals surface area (Å²) in [7, 11) is 0. The third-order valence-electron chi connectivity index (χ3n) is 4.01. The summed E-state index contributed by atoms with van der Waals surface area (Å²) < 4.78 is 0. The van der Waals surface area contributed by atoms with Crippen molar-refractivity contribution in [3.05, 3.63) is 40.5 Å². The summed E-state index contributed by atoms with van der Waals surface area (Å²) in [6.45, 7) is 7.23. The Morgan fingerprint density at radius 1 is 0.800 bits per heavy atom. The van der Waals surface area contributed by atoms with Crippen molar-refractivity contribution in [2.75, 3.05) is 0 Å². The molecule has 0 saturated carbocycles. The van der Waals surface area contributed by atoms with Gasteiger partial charge in [-0.25, -0.2) is 0 Å². The summed E-state index contributed by atoms with van der Waals surface area (Å²) in [6, 6.07) is 5.45. The van der Waals surface area contributed by atoms with E-state index in [9.17, 15) is 15.3 Å². The highest BCUT2D eigenvalue weighted by molar-refractivity contribution is 5.83. The van der Waals surface area contributed by atoms with E-state index in [2.05, 4.69) is 0 Å². The Kier molecular flexibility index (Phi) is 3.62. The van der Waals surface area contributed by atoms with Crippen molar-refractivity contribution in [1.29, 1.82) is 0 Å². The van der Waals surface area contributed by atoms with E-state index in [0.717, 1.165) is 5.56 Å². The molecule has 2 aromatic carbocycles. The van der Waals surface area contributed by atoms with Gasteiger partial charge in [0.2, 0.25) is 0 Å². The number of para-hydroxylation sites is 1. The zero-order chi connectivity index (χ0) is 15.0. The number of benzene rings is 2. The average molecular weight is 272 g/mol. The maximum absolute atomic E-state index is 10.4. The van der Waals surface area contributed by atoms with E-state index in [1.54, 1.807) is 26.8 Å². The quantitative estimate of drug-likeness (QED) is 0.725. The van der Waals surface area contributed by atoms with Gasteiger partial charge in [0.15, 0.2) is 0 Å². The second-order valence-electron chi connectivity index (χ2n) is 5.11. The molecule has 0 heterocycles. The van der Waals surface area contributed by atoms with Gasteiger partial charge in [-0.1, -0.05) is 25.1 Å². The fourth-order valence-corrected chi connectivity index (χ4v) is 2.53. The van der Waals surface area contributed by atoms with Gasteiger partial charge in [-0.2, -0.15) is 0 Å². The molecule has 0 fully saturated rings. The molecule has 0 aromatic heterocycles. The summed E-state index contributed by atoms with van der Waals surface area (Å²) in [4.78, 5) is 0. The molecule has 0 aliphatic carbocycles. The zero-order valence-corrected chi connectivity index (χ0v) is 12.3. The SMILES string of the molecule is CCc1cccc(-c2c(C)c(O)c(C)c(C)c2O)c1O. The summed E-state index contributed by atoms with van der Waals surface area (Å²) in [5, 5.41) is 30.9. The molecule has 0 radical (unpaired) electrons. The van der Waals surface area contributed by atoms with E-state index in [4.69, 9.17) is 0 Å². The average Bonchev–Trinajstić information content (AvgIpc) is 2.45. The first-order valence-corrected chi connectivity index (χ1v) is 6.73. The topological polar surface area (TPSA) is 60.7 Å². The highest BCUT2D eigenvalue weighted by Crippen LogP contribution is 2.45. The monoisotopic (exact) mass is 272 g/mol. The van der Waals surface area contributed by atoms with Crippen molar-refractivity contribution in [2.45, 2.75) is 34.1 Å². The zero-order valence-electron chi connectivity index (χ0n) is 12.3. The molecule has 0 unspecified atom stereocenters. The number of rotatable bonds is 2. The standard InChI is InChI=1S/C17H20O3/c1-5-12-7-6-8-13(17(12)20)14-11(4)15(18)9(2)10(3)16(14)19/h6-8,18-20H,5H2,1-4H3.